The van der Waals surface area contributed by atoms with Gasteiger partial charge in [-0.05, 0) is 37.6 Å². The number of aromatic nitrogens is 2. The molecule has 0 unspecified atom stereocenters. The molecule has 1 heterocycles. The Labute approximate surface area is 168 Å². The van der Waals surface area contributed by atoms with Gasteiger partial charge in [0.2, 0.25) is 5.95 Å². The number of hydrogen-bond acceptors (Lipinski definition) is 4. The van der Waals surface area contributed by atoms with Crippen LogP contribution in [0.1, 0.15) is 29.8 Å². The lowest BCUT2D eigenvalue weighted by Gasteiger charge is -2.26. The predicted octanol–water partition coefficient (Wildman–Crippen LogP) is 4.94. The zero-order chi connectivity index (χ0) is 20.1. The summed E-state index contributed by atoms with van der Waals surface area (Å²) < 4.78 is 13.2. The molecule has 0 aliphatic carbocycles. The van der Waals surface area contributed by atoms with Gasteiger partial charge in [0.15, 0.2) is 0 Å². The Hall–Kier alpha value is -2.99. The molecule has 0 radical (unpaired) electrons. The van der Waals surface area contributed by atoms with Crippen molar-refractivity contribution in [3.63, 3.8) is 0 Å². The molecule has 1 N–H and O–H groups in total. The van der Waals surface area contributed by atoms with E-state index in [1.165, 1.54) is 30.6 Å². The lowest BCUT2D eigenvalue weighted by molar-refractivity contribution is 0.102. The minimum Gasteiger partial charge on any atom is -0.334 e. The van der Waals surface area contributed by atoms with Gasteiger partial charge in [0.1, 0.15) is 5.82 Å². The molecule has 2 aromatic carbocycles. The predicted molar refractivity (Wildman–Crippen MR) is 109 cm³/mol. The number of nitrogens with zero attached hydrogens (tertiary/aromatic N) is 3. The van der Waals surface area contributed by atoms with E-state index in [-0.39, 0.29) is 11.1 Å². The SMILES string of the molecule is CC(C)N(Cc1ccccc1)c1ncc(C(=O)Nc2ccc(F)c(Cl)c2)cn1. The van der Waals surface area contributed by atoms with E-state index in [1.807, 2.05) is 30.3 Å². The average Bonchev–Trinajstić information content (AvgIpc) is 2.69. The van der Waals surface area contributed by atoms with Gasteiger partial charge in [0.25, 0.3) is 5.91 Å². The van der Waals surface area contributed by atoms with Crippen molar-refractivity contribution in [3.8, 4) is 0 Å². The van der Waals surface area contributed by atoms with Crippen LogP contribution in [0.3, 0.4) is 0 Å². The maximum Gasteiger partial charge on any atom is 0.258 e. The Morgan fingerprint density at radius 3 is 2.43 bits per heavy atom. The summed E-state index contributed by atoms with van der Waals surface area (Å²) >= 11 is 5.74. The van der Waals surface area contributed by atoms with Gasteiger partial charge >= 0.3 is 0 Å². The molecule has 0 aliphatic rings. The van der Waals surface area contributed by atoms with Gasteiger partial charge in [-0.15, -0.1) is 0 Å². The van der Waals surface area contributed by atoms with E-state index >= 15 is 0 Å². The van der Waals surface area contributed by atoms with Crippen LogP contribution in [0.2, 0.25) is 5.02 Å². The van der Waals surface area contributed by atoms with Crippen molar-refractivity contribution >= 4 is 29.1 Å². The van der Waals surface area contributed by atoms with E-state index in [0.29, 0.717) is 23.7 Å². The summed E-state index contributed by atoms with van der Waals surface area (Å²) in [6, 6.07) is 14.2. The molecular formula is C21H20ClFN4O. The number of anilines is 2. The highest BCUT2D eigenvalue weighted by Crippen LogP contribution is 2.20. The molecule has 1 aromatic heterocycles. The molecule has 0 saturated carbocycles. The van der Waals surface area contributed by atoms with Crippen molar-refractivity contribution in [2.24, 2.45) is 0 Å². The Balaban J connectivity index is 1.73. The summed E-state index contributed by atoms with van der Waals surface area (Å²) in [5, 5.41) is 2.60. The average molecular weight is 399 g/mol. The van der Waals surface area contributed by atoms with Crippen LogP contribution >= 0.6 is 11.6 Å². The maximum atomic E-state index is 13.2. The van der Waals surface area contributed by atoms with Gasteiger partial charge in [-0.3, -0.25) is 4.79 Å². The van der Waals surface area contributed by atoms with E-state index < -0.39 is 11.7 Å². The summed E-state index contributed by atoms with van der Waals surface area (Å²) in [5.74, 6) is -0.395. The van der Waals surface area contributed by atoms with Crippen molar-refractivity contribution in [2.75, 3.05) is 10.2 Å². The molecule has 0 fully saturated rings. The molecule has 5 nitrogen and oxygen atoms in total. The Kier molecular flexibility index (Phi) is 6.21. The largest absolute Gasteiger partial charge is 0.334 e. The number of carbonyl (C=O) groups is 1. The number of nitrogens with one attached hydrogen (secondary N) is 1. The molecule has 0 atom stereocenters. The fourth-order valence-corrected chi connectivity index (χ4v) is 2.81. The smallest absolute Gasteiger partial charge is 0.258 e. The lowest BCUT2D eigenvalue weighted by Crippen LogP contribution is -2.31. The summed E-state index contributed by atoms with van der Waals surface area (Å²) in [7, 11) is 0. The maximum absolute atomic E-state index is 13.2. The van der Waals surface area contributed by atoms with Gasteiger partial charge in [-0.1, -0.05) is 41.9 Å². The van der Waals surface area contributed by atoms with Crippen LogP contribution in [0.25, 0.3) is 0 Å². The highest BCUT2D eigenvalue weighted by molar-refractivity contribution is 6.31. The van der Waals surface area contributed by atoms with Gasteiger partial charge in [-0.2, -0.15) is 0 Å². The first kappa shape index (κ1) is 19.8. The summed E-state index contributed by atoms with van der Waals surface area (Å²) in [4.78, 5) is 23.1. The quantitative estimate of drug-likeness (QED) is 0.639. The molecule has 0 spiro atoms. The van der Waals surface area contributed by atoms with Gasteiger partial charge in [0, 0.05) is 30.7 Å². The Morgan fingerprint density at radius 2 is 1.82 bits per heavy atom. The minimum atomic E-state index is -0.542. The zero-order valence-corrected chi connectivity index (χ0v) is 16.3. The van der Waals surface area contributed by atoms with Crippen LogP contribution in [0.15, 0.2) is 60.9 Å². The van der Waals surface area contributed by atoms with Crippen LogP contribution in [0.4, 0.5) is 16.0 Å². The lowest BCUT2D eigenvalue weighted by atomic mass is 10.2. The van der Waals surface area contributed by atoms with Gasteiger partial charge < -0.3 is 10.2 Å². The molecule has 7 heteroatoms. The van der Waals surface area contributed by atoms with Crippen molar-refractivity contribution < 1.29 is 9.18 Å². The topological polar surface area (TPSA) is 58.1 Å². The number of rotatable bonds is 6. The summed E-state index contributed by atoms with van der Waals surface area (Å²) in [6.07, 6.45) is 2.95. The Morgan fingerprint density at radius 1 is 1.14 bits per heavy atom. The minimum absolute atomic E-state index is 0.0575. The zero-order valence-electron chi connectivity index (χ0n) is 15.6. The molecule has 28 heavy (non-hydrogen) atoms. The third kappa shape index (κ3) is 4.84. The van der Waals surface area contributed by atoms with Crippen LogP contribution in [-0.2, 0) is 6.54 Å². The van der Waals surface area contributed by atoms with E-state index in [1.54, 1.807) is 0 Å². The number of halogens is 2. The first-order chi connectivity index (χ1) is 13.4. The molecule has 3 rings (SSSR count). The normalized spacial score (nSPS) is 10.8. The summed E-state index contributed by atoms with van der Waals surface area (Å²) in [6.45, 7) is 4.79. The third-order valence-electron chi connectivity index (χ3n) is 4.15. The number of amides is 1. The summed E-state index contributed by atoms with van der Waals surface area (Å²) in [5.41, 5.74) is 1.84. The fraction of sp³-hybridized carbons (Fsp3) is 0.190. The van der Waals surface area contributed by atoms with Crippen LogP contribution in [0, 0.1) is 5.82 Å². The molecule has 0 bridgehead atoms. The van der Waals surface area contributed by atoms with Crippen molar-refractivity contribution in [1.82, 2.24) is 9.97 Å². The van der Waals surface area contributed by atoms with Crippen LogP contribution in [0.5, 0.6) is 0 Å². The van der Waals surface area contributed by atoms with Gasteiger partial charge in [0.05, 0.1) is 10.6 Å². The van der Waals surface area contributed by atoms with Crippen molar-refractivity contribution in [1.29, 1.82) is 0 Å². The molecule has 3 aromatic rings. The van der Waals surface area contributed by atoms with E-state index in [2.05, 4.69) is 34.0 Å². The first-order valence-corrected chi connectivity index (χ1v) is 9.21. The van der Waals surface area contributed by atoms with Gasteiger partial charge in [-0.25, -0.2) is 14.4 Å². The highest BCUT2D eigenvalue weighted by Gasteiger charge is 2.15. The monoisotopic (exact) mass is 398 g/mol. The van der Waals surface area contributed by atoms with Crippen LogP contribution < -0.4 is 10.2 Å². The van der Waals surface area contributed by atoms with Crippen LogP contribution in [-0.4, -0.2) is 21.9 Å². The van der Waals surface area contributed by atoms with E-state index in [4.69, 9.17) is 11.6 Å². The second-order valence-corrected chi connectivity index (χ2v) is 6.97. The highest BCUT2D eigenvalue weighted by atomic mass is 35.5. The third-order valence-corrected chi connectivity index (χ3v) is 4.44. The number of carbonyl (C=O) groups excluding carboxylic acids is 1. The van der Waals surface area contributed by atoms with Crippen molar-refractivity contribution in [2.45, 2.75) is 26.4 Å². The van der Waals surface area contributed by atoms with Crippen molar-refractivity contribution in [3.05, 3.63) is 82.9 Å². The molecule has 144 valence electrons. The van der Waals surface area contributed by atoms with E-state index in [0.717, 1.165) is 5.56 Å². The first-order valence-electron chi connectivity index (χ1n) is 8.83. The second-order valence-electron chi connectivity index (χ2n) is 6.56. The fourth-order valence-electron chi connectivity index (χ4n) is 2.63. The van der Waals surface area contributed by atoms with E-state index in [9.17, 15) is 9.18 Å². The number of benzene rings is 2. The molecular weight excluding hydrogens is 379 g/mol. The second kappa shape index (κ2) is 8.80. The molecule has 0 saturated heterocycles. The molecule has 0 aliphatic heterocycles. The molecule has 1 amide bonds. The Bertz CT molecular complexity index is 948. The standard InChI is InChI=1S/C21H20ClFN4O/c1-14(2)27(13-15-6-4-3-5-7-15)21-24-11-16(12-25-21)20(28)26-17-8-9-19(23)18(22)10-17/h3-12,14H,13H2,1-2H3,(H,26,28). The number of hydrogen-bond donors (Lipinski definition) is 1.